The van der Waals surface area contributed by atoms with Gasteiger partial charge in [0.15, 0.2) is 15.8 Å². The number of carbonyl (C=O) groups is 2. The highest BCUT2D eigenvalue weighted by atomic mass is 79.9. The van der Waals surface area contributed by atoms with E-state index in [1.165, 1.54) is 0 Å². The van der Waals surface area contributed by atoms with E-state index in [1.54, 1.807) is 31.4 Å². The van der Waals surface area contributed by atoms with Gasteiger partial charge in [-0.05, 0) is 88.7 Å². The number of benzene rings is 3. The number of hydrogen-bond acceptors (Lipinski definition) is 6. The van der Waals surface area contributed by atoms with Gasteiger partial charge >= 0.3 is 0 Å². The summed E-state index contributed by atoms with van der Waals surface area (Å²) in [5.41, 5.74) is 5.78. The standard InChI is InChI=1S/C26H20Br2N2O4S2/c1-15-3-7-18(8-4-15)24(31)29-30-25(32)22(36-26(30)35)13-17-11-20(28)23(21(12-17)33-2)34-14-16-5-9-19(27)10-6-16/h3-13H,14H2,1-2H3,(H,29,31)/b22-13+. The Morgan fingerprint density at radius 1 is 1.11 bits per heavy atom. The second-order valence-corrected chi connectivity index (χ2v) is 11.2. The van der Waals surface area contributed by atoms with Crippen LogP contribution in [-0.4, -0.2) is 28.3 Å². The Balaban J connectivity index is 1.50. The molecule has 3 aromatic rings. The van der Waals surface area contributed by atoms with Crippen LogP contribution in [0.4, 0.5) is 0 Å². The van der Waals surface area contributed by atoms with E-state index in [2.05, 4.69) is 37.3 Å². The molecule has 1 aliphatic heterocycles. The molecule has 0 radical (unpaired) electrons. The first-order valence-electron chi connectivity index (χ1n) is 10.7. The summed E-state index contributed by atoms with van der Waals surface area (Å²) in [6, 6.07) is 18.5. The molecule has 0 unspecified atom stereocenters. The average molecular weight is 648 g/mol. The summed E-state index contributed by atoms with van der Waals surface area (Å²) in [4.78, 5) is 26.0. The molecule has 3 aromatic carbocycles. The van der Waals surface area contributed by atoms with Gasteiger partial charge in [0.1, 0.15) is 6.61 Å². The van der Waals surface area contributed by atoms with Crippen molar-refractivity contribution in [3.8, 4) is 11.5 Å². The maximum Gasteiger partial charge on any atom is 0.285 e. The second kappa shape index (κ2) is 11.6. The van der Waals surface area contributed by atoms with Crippen molar-refractivity contribution in [2.45, 2.75) is 13.5 Å². The number of carbonyl (C=O) groups excluding carboxylic acids is 2. The van der Waals surface area contributed by atoms with Crippen molar-refractivity contribution in [3.05, 3.63) is 96.8 Å². The maximum atomic E-state index is 13.0. The average Bonchev–Trinajstić information content (AvgIpc) is 3.11. The molecule has 0 saturated carbocycles. The highest BCUT2D eigenvalue weighted by molar-refractivity contribution is 9.10. The highest BCUT2D eigenvalue weighted by Crippen LogP contribution is 2.39. The number of amides is 2. The van der Waals surface area contributed by atoms with Crippen LogP contribution in [0.2, 0.25) is 0 Å². The number of ether oxygens (including phenoxy) is 2. The molecule has 1 aliphatic rings. The van der Waals surface area contributed by atoms with Crippen LogP contribution in [0.5, 0.6) is 11.5 Å². The van der Waals surface area contributed by atoms with Crippen LogP contribution in [0.1, 0.15) is 27.0 Å². The molecule has 0 aliphatic carbocycles. The van der Waals surface area contributed by atoms with Gasteiger partial charge in [-0.2, -0.15) is 5.01 Å². The van der Waals surface area contributed by atoms with Crippen molar-refractivity contribution in [1.29, 1.82) is 0 Å². The topological polar surface area (TPSA) is 67.9 Å². The second-order valence-electron chi connectivity index (χ2n) is 7.77. The van der Waals surface area contributed by atoms with Crippen molar-refractivity contribution in [2.24, 2.45) is 0 Å². The lowest BCUT2D eigenvalue weighted by molar-refractivity contribution is -0.123. The van der Waals surface area contributed by atoms with Gasteiger partial charge in [-0.25, -0.2) is 0 Å². The molecular weight excluding hydrogens is 628 g/mol. The van der Waals surface area contributed by atoms with E-state index in [9.17, 15) is 9.59 Å². The molecule has 1 N–H and O–H groups in total. The van der Waals surface area contributed by atoms with Crippen LogP contribution in [0.3, 0.4) is 0 Å². The fourth-order valence-electron chi connectivity index (χ4n) is 3.29. The molecule has 1 fully saturated rings. The molecule has 1 saturated heterocycles. The summed E-state index contributed by atoms with van der Waals surface area (Å²) in [7, 11) is 1.55. The Morgan fingerprint density at radius 3 is 2.47 bits per heavy atom. The van der Waals surface area contributed by atoms with E-state index in [0.29, 0.717) is 38.6 Å². The highest BCUT2D eigenvalue weighted by Gasteiger charge is 2.34. The molecule has 6 nitrogen and oxygen atoms in total. The third kappa shape index (κ3) is 6.18. The third-order valence-corrected chi connectivity index (χ3v) is 7.59. The lowest BCUT2D eigenvalue weighted by atomic mass is 10.1. The van der Waals surface area contributed by atoms with Crippen LogP contribution >= 0.6 is 55.8 Å². The van der Waals surface area contributed by atoms with E-state index in [0.717, 1.165) is 32.4 Å². The number of rotatable bonds is 7. The number of aryl methyl sites for hydroxylation is 1. The minimum absolute atomic E-state index is 0.243. The number of hydrazine groups is 1. The zero-order chi connectivity index (χ0) is 25.8. The van der Waals surface area contributed by atoms with E-state index >= 15 is 0 Å². The summed E-state index contributed by atoms with van der Waals surface area (Å²) in [6.07, 6.45) is 1.70. The molecule has 2 amide bonds. The quantitative estimate of drug-likeness (QED) is 0.229. The Bertz CT molecular complexity index is 1360. The first-order valence-corrected chi connectivity index (χ1v) is 13.5. The van der Waals surface area contributed by atoms with Crippen molar-refractivity contribution in [1.82, 2.24) is 10.4 Å². The molecule has 184 valence electrons. The van der Waals surface area contributed by atoms with Gasteiger partial charge in [0, 0.05) is 10.0 Å². The predicted octanol–water partition coefficient (Wildman–Crippen LogP) is 6.65. The lowest BCUT2D eigenvalue weighted by Crippen LogP contribution is -2.44. The van der Waals surface area contributed by atoms with Crippen LogP contribution in [-0.2, 0) is 11.4 Å². The van der Waals surface area contributed by atoms with Gasteiger partial charge in [0.2, 0.25) is 0 Å². The summed E-state index contributed by atoms with van der Waals surface area (Å²) in [5.74, 6) is 0.242. The monoisotopic (exact) mass is 646 g/mol. The molecule has 4 rings (SSSR count). The zero-order valence-electron chi connectivity index (χ0n) is 19.2. The number of nitrogens with one attached hydrogen (secondary N) is 1. The largest absolute Gasteiger partial charge is 0.493 e. The van der Waals surface area contributed by atoms with Crippen molar-refractivity contribution < 1.29 is 19.1 Å². The van der Waals surface area contributed by atoms with Gasteiger partial charge < -0.3 is 9.47 Å². The summed E-state index contributed by atoms with van der Waals surface area (Å²) in [6.45, 7) is 2.30. The normalized spacial score (nSPS) is 14.3. The minimum Gasteiger partial charge on any atom is -0.493 e. The van der Waals surface area contributed by atoms with Crippen molar-refractivity contribution >= 4 is 78.1 Å². The molecule has 0 bridgehead atoms. The number of halogens is 2. The van der Waals surface area contributed by atoms with E-state index < -0.39 is 11.8 Å². The fraction of sp³-hybridized carbons (Fsp3) is 0.115. The Hall–Kier alpha value is -2.66. The van der Waals surface area contributed by atoms with E-state index in [4.69, 9.17) is 21.7 Å². The number of thiocarbonyl (C=S) groups is 1. The van der Waals surface area contributed by atoms with Crippen molar-refractivity contribution in [3.63, 3.8) is 0 Å². The molecule has 0 atom stereocenters. The molecule has 0 spiro atoms. The fourth-order valence-corrected chi connectivity index (χ4v) is 5.30. The maximum absolute atomic E-state index is 13.0. The number of hydrogen-bond donors (Lipinski definition) is 1. The Morgan fingerprint density at radius 2 is 1.81 bits per heavy atom. The summed E-state index contributed by atoms with van der Waals surface area (Å²) < 4.78 is 13.5. The summed E-state index contributed by atoms with van der Waals surface area (Å²) >= 11 is 13.4. The SMILES string of the molecule is COc1cc(/C=C2/SC(=S)N(NC(=O)c3ccc(C)cc3)C2=O)cc(Br)c1OCc1ccc(Br)cc1. The third-order valence-electron chi connectivity index (χ3n) is 5.17. The first kappa shape index (κ1) is 26.4. The lowest BCUT2D eigenvalue weighted by Gasteiger charge is -2.15. The van der Waals surface area contributed by atoms with E-state index in [-0.39, 0.29) is 4.32 Å². The molecular formula is C26H20Br2N2O4S2. The van der Waals surface area contributed by atoms with Gasteiger partial charge in [-0.15, -0.1) is 0 Å². The molecule has 1 heterocycles. The van der Waals surface area contributed by atoms with Crippen LogP contribution in [0.25, 0.3) is 6.08 Å². The van der Waals surface area contributed by atoms with Gasteiger partial charge in [0.05, 0.1) is 16.5 Å². The summed E-state index contributed by atoms with van der Waals surface area (Å²) in [5, 5.41) is 1.09. The molecule has 10 heteroatoms. The van der Waals surface area contributed by atoms with Crippen LogP contribution < -0.4 is 14.9 Å². The molecule has 36 heavy (non-hydrogen) atoms. The van der Waals surface area contributed by atoms with E-state index in [1.807, 2.05) is 49.4 Å². The molecule has 0 aromatic heterocycles. The van der Waals surface area contributed by atoms with Crippen LogP contribution in [0, 0.1) is 6.92 Å². The number of nitrogens with zero attached hydrogens (tertiary/aromatic N) is 1. The predicted molar refractivity (Wildman–Crippen MR) is 153 cm³/mol. The van der Waals surface area contributed by atoms with Gasteiger partial charge in [0.25, 0.3) is 11.8 Å². The Labute approximate surface area is 235 Å². The number of thioether (sulfide) groups is 1. The van der Waals surface area contributed by atoms with Crippen molar-refractivity contribution in [2.75, 3.05) is 7.11 Å². The minimum atomic E-state index is -0.413. The van der Waals surface area contributed by atoms with Gasteiger partial charge in [-0.1, -0.05) is 57.5 Å². The van der Waals surface area contributed by atoms with Crippen LogP contribution in [0.15, 0.2) is 74.5 Å². The smallest absolute Gasteiger partial charge is 0.285 e. The number of methoxy groups -OCH3 is 1. The first-order chi connectivity index (χ1) is 17.2. The zero-order valence-corrected chi connectivity index (χ0v) is 24.0. The Kier molecular flexibility index (Phi) is 8.50. The van der Waals surface area contributed by atoms with Gasteiger partial charge in [-0.3, -0.25) is 15.0 Å².